The Balaban J connectivity index is 1.87. The van der Waals surface area contributed by atoms with Gasteiger partial charge in [-0.1, -0.05) is 12.1 Å². The Bertz CT molecular complexity index is 957. The summed E-state index contributed by atoms with van der Waals surface area (Å²) in [6.45, 7) is 2.26. The molecule has 0 bridgehead atoms. The number of nitrogens with zero attached hydrogens (tertiary/aromatic N) is 5. The minimum Gasteiger partial charge on any atom is -0.351 e. The van der Waals surface area contributed by atoms with Crippen LogP contribution in [0.4, 0.5) is 15.9 Å². The van der Waals surface area contributed by atoms with E-state index in [0.717, 1.165) is 10.1 Å². The molecule has 9 heteroatoms. The SMILES string of the molecule is Cc1nc(N2CCC(c3ccc(F)cc3)CC2)c([N+](=O)[O-])c(=O)n1CC#N. The monoisotopic (exact) mass is 371 g/mol. The van der Waals surface area contributed by atoms with Gasteiger partial charge in [-0.25, -0.2) is 9.37 Å². The molecule has 0 aliphatic carbocycles. The third-order valence-electron chi connectivity index (χ3n) is 4.87. The van der Waals surface area contributed by atoms with Gasteiger partial charge >= 0.3 is 11.2 Å². The second-order valence-electron chi connectivity index (χ2n) is 6.45. The Labute approximate surface area is 154 Å². The van der Waals surface area contributed by atoms with Crippen molar-refractivity contribution in [3.8, 4) is 6.07 Å². The van der Waals surface area contributed by atoms with E-state index in [1.165, 1.54) is 12.1 Å². The molecule has 1 saturated heterocycles. The predicted molar refractivity (Wildman–Crippen MR) is 96.1 cm³/mol. The Morgan fingerprint density at radius 3 is 2.52 bits per heavy atom. The number of nitro groups is 1. The number of nitriles is 1. The maximum absolute atomic E-state index is 13.1. The molecule has 1 fully saturated rings. The summed E-state index contributed by atoms with van der Waals surface area (Å²) in [5, 5.41) is 20.3. The van der Waals surface area contributed by atoms with Gasteiger partial charge in [-0.3, -0.25) is 19.5 Å². The highest BCUT2D eigenvalue weighted by molar-refractivity contribution is 5.57. The van der Waals surface area contributed by atoms with E-state index in [1.54, 1.807) is 24.0 Å². The van der Waals surface area contributed by atoms with Crippen molar-refractivity contribution in [1.29, 1.82) is 5.26 Å². The van der Waals surface area contributed by atoms with Crippen LogP contribution in [-0.2, 0) is 6.54 Å². The average molecular weight is 371 g/mol. The quantitative estimate of drug-likeness (QED) is 0.604. The van der Waals surface area contributed by atoms with Gasteiger partial charge in [0.15, 0.2) is 0 Å². The predicted octanol–water partition coefficient (Wildman–Crippen LogP) is 2.51. The van der Waals surface area contributed by atoms with Crippen molar-refractivity contribution in [2.75, 3.05) is 18.0 Å². The second kappa shape index (κ2) is 7.53. The minimum absolute atomic E-state index is 0.0502. The number of piperidine rings is 1. The molecule has 0 atom stereocenters. The minimum atomic E-state index is -0.815. The van der Waals surface area contributed by atoms with Crippen LogP contribution in [0.3, 0.4) is 0 Å². The number of halogens is 1. The molecule has 27 heavy (non-hydrogen) atoms. The van der Waals surface area contributed by atoms with Crippen LogP contribution in [0.1, 0.15) is 30.1 Å². The smallest absolute Gasteiger partial charge is 0.351 e. The highest BCUT2D eigenvalue weighted by Gasteiger charge is 2.31. The summed E-state index contributed by atoms with van der Waals surface area (Å²) in [6, 6.07) is 8.17. The van der Waals surface area contributed by atoms with E-state index in [2.05, 4.69) is 4.98 Å². The fourth-order valence-electron chi connectivity index (χ4n) is 3.43. The third-order valence-corrected chi connectivity index (χ3v) is 4.87. The number of benzene rings is 1. The fourth-order valence-corrected chi connectivity index (χ4v) is 3.43. The average Bonchev–Trinajstić information content (AvgIpc) is 2.65. The number of hydrogen-bond acceptors (Lipinski definition) is 6. The van der Waals surface area contributed by atoms with E-state index in [1.807, 2.05) is 6.07 Å². The van der Waals surface area contributed by atoms with Crippen molar-refractivity contribution in [1.82, 2.24) is 9.55 Å². The van der Waals surface area contributed by atoms with Gasteiger partial charge in [0.25, 0.3) is 0 Å². The number of anilines is 1. The fraction of sp³-hybridized carbons (Fsp3) is 0.389. The van der Waals surface area contributed by atoms with Crippen molar-refractivity contribution in [2.45, 2.75) is 32.2 Å². The van der Waals surface area contributed by atoms with E-state index in [-0.39, 0.29) is 29.9 Å². The number of rotatable bonds is 4. The zero-order valence-corrected chi connectivity index (χ0v) is 14.8. The molecule has 8 nitrogen and oxygen atoms in total. The summed E-state index contributed by atoms with van der Waals surface area (Å²) < 4.78 is 14.1. The van der Waals surface area contributed by atoms with E-state index in [9.17, 15) is 19.3 Å². The van der Waals surface area contributed by atoms with Crippen LogP contribution in [0.15, 0.2) is 29.1 Å². The molecule has 1 aliphatic rings. The summed E-state index contributed by atoms with van der Waals surface area (Å²) in [7, 11) is 0. The Hall–Kier alpha value is -3.28. The zero-order chi connectivity index (χ0) is 19.6. The van der Waals surface area contributed by atoms with Crippen LogP contribution in [0.5, 0.6) is 0 Å². The summed E-state index contributed by atoms with van der Waals surface area (Å²) in [5.74, 6) is 0.252. The number of aromatic nitrogens is 2. The zero-order valence-electron chi connectivity index (χ0n) is 14.8. The van der Waals surface area contributed by atoms with Crippen molar-refractivity contribution >= 4 is 11.5 Å². The molecule has 0 saturated carbocycles. The summed E-state index contributed by atoms with van der Waals surface area (Å²) in [4.78, 5) is 29.2. The summed E-state index contributed by atoms with van der Waals surface area (Å²) in [5.41, 5.74) is -0.389. The van der Waals surface area contributed by atoms with Crippen molar-refractivity contribution < 1.29 is 9.31 Å². The largest absolute Gasteiger partial charge is 0.376 e. The lowest BCUT2D eigenvalue weighted by atomic mass is 9.89. The lowest BCUT2D eigenvalue weighted by Gasteiger charge is -2.32. The highest BCUT2D eigenvalue weighted by Crippen LogP contribution is 2.32. The molecule has 1 aliphatic heterocycles. The van der Waals surface area contributed by atoms with Crippen LogP contribution >= 0.6 is 0 Å². The van der Waals surface area contributed by atoms with Gasteiger partial charge in [0.05, 0.1) is 11.0 Å². The Morgan fingerprint density at radius 1 is 1.33 bits per heavy atom. The van der Waals surface area contributed by atoms with E-state index in [0.29, 0.717) is 25.9 Å². The van der Waals surface area contributed by atoms with Crippen molar-refractivity contribution in [3.63, 3.8) is 0 Å². The first-order valence-corrected chi connectivity index (χ1v) is 8.55. The molecule has 140 valence electrons. The molecular weight excluding hydrogens is 353 g/mol. The van der Waals surface area contributed by atoms with E-state index >= 15 is 0 Å². The van der Waals surface area contributed by atoms with Gasteiger partial charge in [0, 0.05) is 13.1 Å². The molecule has 1 aromatic heterocycles. The molecule has 0 radical (unpaired) electrons. The lowest BCUT2D eigenvalue weighted by molar-refractivity contribution is -0.386. The molecule has 0 amide bonds. The van der Waals surface area contributed by atoms with Gasteiger partial charge in [0.2, 0.25) is 5.82 Å². The van der Waals surface area contributed by atoms with Crippen molar-refractivity contribution in [2.24, 2.45) is 0 Å². The van der Waals surface area contributed by atoms with Crippen molar-refractivity contribution in [3.05, 3.63) is 61.9 Å². The molecule has 3 rings (SSSR count). The molecule has 0 N–H and O–H groups in total. The van der Waals surface area contributed by atoms with Crippen LogP contribution in [0, 0.1) is 34.2 Å². The second-order valence-corrected chi connectivity index (χ2v) is 6.45. The molecular formula is C18H18FN5O3. The first-order valence-electron chi connectivity index (χ1n) is 8.55. The standard InChI is InChI=1S/C18H18FN5O3/c1-12-21-17(16(24(26)27)18(25)23(12)11-8-20)22-9-6-14(7-10-22)13-2-4-15(19)5-3-13/h2-5,14H,6-7,9-11H2,1H3. The molecule has 2 heterocycles. The molecule has 1 aromatic carbocycles. The molecule has 0 spiro atoms. The number of hydrogen-bond donors (Lipinski definition) is 0. The first kappa shape index (κ1) is 18.5. The van der Waals surface area contributed by atoms with E-state index < -0.39 is 16.2 Å². The third kappa shape index (κ3) is 3.65. The first-order chi connectivity index (χ1) is 12.9. The number of aryl methyl sites for hydroxylation is 1. The highest BCUT2D eigenvalue weighted by atomic mass is 19.1. The maximum Gasteiger partial charge on any atom is 0.376 e. The van der Waals surface area contributed by atoms with Crippen LogP contribution in [0.25, 0.3) is 0 Å². The normalized spacial score (nSPS) is 14.8. The summed E-state index contributed by atoms with van der Waals surface area (Å²) in [6.07, 6.45) is 1.43. The van der Waals surface area contributed by atoms with Gasteiger partial charge in [-0.2, -0.15) is 5.26 Å². The van der Waals surface area contributed by atoms with Gasteiger partial charge in [-0.05, 0) is 43.4 Å². The van der Waals surface area contributed by atoms with Crippen LogP contribution in [0.2, 0.25) is 0 Å². The molecule has 2 aromatic rings. The maximum atomic E-state index is 13.1. The molecule has 0 unspecified atom stereocenters. The Morgan fingerprint density at radius 2 is 1.96 bits per heavy atom. The van der Waals surface area contributed by atoms with E-state index in [4.69, 9.17) is 5.26 Å². The van der Waals surface area contributed by atoms with Gasteiger partial charge in [-0.15, -0.1) is 0 Å². The Kier molecular flexibility index (Phi) is 5.16. The summed E-state index contributed by atoms with van der Waals surface area (Å²) >= 11 is 0. The van der Waals surface area contributed by atoms with Crippen LogP contribution < -0.4 is 10.5 Å². The van der Waals surface area contributed by atoms with Gasteiger partial charge < -0.3 is 4.90 Å². The van der Waals surface area contributed by atoms with Gasteiger partial charge in [0.1, 0.15) is 18.2 Å². The topological polar surface area (TPSA) is 105 Å². The lowest BCUT2D eigenvalue weighted by Crippen LogP contribution is -2.37. The van der Waals surface area contributed by atoms with Crippen LogP contribution in [-0.4, -0.2) is 27.6 Å².